The topological polar surface area (TPSA) is 52.5 Å². The highest BCUT2D eigenvalue weighted by Gasteiger charge is 2.25. The Morgan fingerprint density at radius 2 is 1.75 bits per heavy atom. The van der Waals surface area contributed by atoms with E-state index < -0.39 is 11.6 Å². The van der Waals surface area contributed by atoms with E-state index in [1.165, 1.54) is 18.5 Å². The van der Waals surface area contributed by atoms with Crippen molar-refractivity contribution in [3.63, 3.8) is 0 Å². The van der Waals surface area contributed by atoms with Gasteiger partial charge in [0.2, 0.25) is 0 Å². The summed E-state index contributed by atoms with van der Waals surface area (Å²) in [6.07, 6.45) is 1.29. The summed E-state index contributed by atoms with van der Waals surface area (Å²) in [5.41, 5.74) is 0.0976. The normalized spacial score (nSPS) is 15.4. The maximum absolute atomic E-state index is 15.4. The van der Waals surface area contributed by atoms with Crippen molar-refractivity contribution in [2.45, 2.75) is 6.92 Å². The minimum absolute atomic E-state index is 0.00627. The Labute approximate surface area is 166 Å². The largest absolute Gasteiger partial charge is 0.507 e. The van der Waals surface area contributed by atoms with Crippen LogP contribution in [0.4, 0.5) is 14.6 Å². The number of phenols is 1. The molecule has 5 nitrogen and oxygen atoms in total. The molecule has 0 atom stereocenters. The quantitative estimate of drug-likeness (QED) is 0.699. The molecule has 0 bridgehead atoms. The number of hydrogen-bond donors (Lipinski definition) is 1. The van der Waals surface area contributed by atoms with E-state index >= 15 is 4.39 Å². The number of benzene rings is 2. The first kappa shape index (κ1) is 18.8. The van der Waals surface area contributed by atoms with Crippen LogP contribution < -0.4 is 4.90 Å². The van der Waals surface area contributed by atoms with Gasteiger partial charge >= 0.3 is 0 Å². The number of halogens is 3. The van der Waals surface area contributed by atoms with Crippen molar-refractivity contribution < 1.29 is 13.9 Å². The number of anilines is 1. The van der Waals surface area contributed by atoms with Crippen molar-refractivity contribution in [3.05, 3.63) is 46.7 Å². The van der Waals surface area contributed by atoms with Crippen LogP contribution in [0.15, 0.2) is 24.5 Å². The summed E-state index contributed by atoms with van der Waals surface area (Å²) < 4.78 is 29.9. The lowest BCUT2D eigenvalue weighted by Gasteiger charge is -2.33. The molecule has 28 heavy (non-hydrogen) atoms. The molecule has 0 saturated carbocycles. The third-order valence-electron chi connectivity index (χ3n) is 5.07. The SMILES string of the molecule is Cc1cc(O)c(-c2c(Cl)cc3c(N4CCN(C)CC4)ncnc3c2F)c(F)c1. The maximum atomic E-state index is 15.4. The van der Waals surface area contributed by atoms with Gasteiger partial charge in [-0.05, 0) is 37.7 Å². The zero-order valence-electron chi connectivity index (χ0n) is 15.5. The zero-order chi connectivity index (χ0) is 20.0. The fourth-order valence-corrected chi connectivity index (χ4v) is 3.87. The van der Waals surface area contributed by atoms with Gasteiger partial charge in [-0.1, -0.05) is 11.6 Å². The first-order chi connectivity index (χ1) is 13.4. The van der Waals surface area contributed by atoms with E-state index in [-0.39, 0.29) is 27.4 Å². The number of likely N-dealkylation sites (N-methyl/N-ethyl adjacent to an activating group) is 1. The van der Waals surface area contributed by atoms with Crippen LogP contribution in [0.1, 0.15) is 5.56 Å². The lowest BCUT2D eigenvalue weighted by atomic mass is 9.99. The fourth-order valence-electron chi connectivity index (χ4n) is 3.59. The summed E-state index contributed by atoms with van der Waals surface area (Å²) in [7, 11) is 2.04. The molecule has 0 unspecified atom stereocenters. The second kappa shape index (κ2) is 7.14. The Morgan fingerprint density at radius 3 is 2.43 bits per heavy atom. The van der Waals surface area contributed by atoms with Crippen LogP contribution in [0.25, 0.3) is 22.0 Å². The molecule has 146 valence electrons. The second-order valence-corrected chi connectivity index (χ2v) is 7.48. The average Bonchev–Trinajstić information content (AvgIpc) is 2.64. The fraction of sp³-hybridized carbons (Fsp3) is 0.300. The Hall–Kier alpha value is -2.51. The van der Waals surface area contributed by atoms with Crippen LogP contribution in [0, 0.1) is 18.6 Å². The molecule has 0 spiro atoms. The number of hydrogen-bond acceptors (Lipinski definition) is 5. The van der Waals surface area contributed by atoms with Gasteiger partial charge in [0, 0.05) is 37.1 Å². The Kier molecular flexibility index (Phi) is 4.81. The first-order valence-electron chi connectivity index (χ1n) is 8.92. The van der Waals surface area contributed by atoms with E-state index in [2.05, 4.69) is 19.8 Å². The summed E-state index contributed by atoms with van der Waals surface area (Å²) in [4.78, 5) is 12.7. The number of piperazine rings is 1. The predicted octanol–water partition coefficient (Wildman–Crippen LogP) is 3.99. The van der Waals surface area contributed by atoms with Gasteiger partial charge in [0.15, 0.2) is 5.82 Å². The molecule has 4 rings (SSSR count). The van der Waals surface area contributed by atoms with E-state index in [4.69, 9.17) is 11.6 Å². The standard InChI is InChI=1S/C20H19ClF2N4O/c1-11-7-14(22)17(15(28)8-11)16-13(21)9-12-19(18(16)23)24-10-25-20(12)27-5-3-26(2)4-6-27/h7-10,28H,3-6H2,1-2H3. The van der Waals surface area contributed by atoms with Crippen LogP contribution >= 0.6 is 11.6 Å². The number of aryl methyl sites for hydroxylation is 1. The molecule has 1 fully saturated rings. The average molecular weight is 405 g/mol. The highest BCUT2D eigenvalue weighted by Crippen LogP contribution is 2.42. The Balaban J connectivity index is 1.91. The van der Waals surface area contributed by atoms with Crippen LogP contribution in [0.3, 0.4) is 0 Å². The molecule has 1 saturated heterocycles. The van der Waals surface area contributed by atoms with Crippen molar-refractivity contribution >= 4 is 28.3 Å². The van der Waals surface area contributed by atoms with Crippen LogP contribution in [0.5, 0.6) is 5.75 Å². The summed E-state index contributed by atoms with van der Waals surface area (Å²) in [6.45, 7) is 4.86. The number of aromatic hydroxyl groups is 1. The van der Waals surface area contributed by atoms with E-state index in [9.17, 15) is 9.50 Å². The van der Waals surface area contributed by atoms with Crippen LogP contribution in [0.2, 0.25) is 5.02 Å². The van der Waals surface area contributed by atoms with E-state index in [0.717, 1.165) is 26.2 Å². The monoisotopic (exact) mass is 404 g/mol. The molecule has 0 aliphatic carbocycles. The molecule has 1 aliphatic heterocycles. The Bertz CT molecular complexity index is 1040. The molecule has 8 heteroatoms. The highest BCUT2D eigenvalue weighted by atomic mass is 35.5. The maximum Gasteiger partial charge on any atom is 0.159 e. The minimum atomic E-state index is -0.779. The number of nitrogens with zero attached hydrogens (tertiary/aromatic N) is 4. The van der Waals surface area contributed by atoms with Crippen molar-refractivity contribution in [2.24, 2.45) is 0 Å². The summed E-state index contributed by atoms with van der Waals surface area (Å²) >= 11 is 6.36. The van der Waals surface area contributed by atoms with Crippen LogP contribution in [-0.4, -0.2) is 53.2 Å². The van der Waals surface area contributed by atoms with Gasteiger partial charge in [-0.3, -0.25) is 0 Å². The van der Waals surface area contributed by atoms with Crippen molar-refractivity contribution in [1.82, 2.24) is 14.9 Å². The van der Waals surface area contributed by atoms with Gasteiger partial charge < -0.3 is 14.9 Å². The first-order valence-corrected chi connectivity index (χ1v) is 9.30. The Morgan fingerprint density at radius 1 is 1.04 bits per heavy atom. The van der Waals surface area contributed by atoms with E-state index in [1.807, 2.05) is 7.05 Å². The van der Waals surface area contributed by atoms with Gasteiger partial charge in [-0.2, -0.15) is 0 Å². The van der Waals surface area contributed by atoms with Gasteiger partial charge in [-0.25, -0.2) is 18.7 Å². The molecule has 1 N–H and O–H groups in total. The van der Waals surface area contributed by atoms with Crippen molar-refractivity contribution in [1.29, 1.82) is 0 Å². The highest BCUT2D eigenvalue weighted by molar-refractivity contribution is 6.34. The summed E-state index contributed by atoms with van der Waals surface area (Å²) in [6, 6.07) is 4.14. The number of aromatic nitrogens is 2. The smallest absolute Gasteiger partial charge is 0.159 e. The molecule has 1 aromatic heterocycles. The third kappa shape index (κ3) is 3.14. The number of phenolic OH excluding ortho intramolecular Hbond substituents is 1. The minimum Gasteiger partial charge on any atom is -0.507 e. The molecule has 3 aromatic rings. The van der Waals surface area contributed by atoms with Gasteiger partial charge in [0.05, 0.1) is 10.6 Å². The number of fused-ring (bicyclic) bond motifs is 1. The van der Waals surface area contributed by atoms with Crippen LogP contribution in [-0.2, 0) is 0 Å². The van der Waals surface area contributed by atoms with E-state index in [0.29, 0.717) is 16.8 Å². The molecule has 0 radical (unpaired) electrons. The zero-order valence-corrected chi connectivity index (χ0v) is 16.3. The van der Waals surface area contributed by atoms with Gasteiger partial charge in [-0.15, -0.1) is 0 Å². The van der Waals surface area contributed by atoms with Crippen molar-refractivity contribution in [3.8, 4) is 16.9 Å². The molecular weight excluding hydrogens is 386 g/mol. The molecule has 2 aromatic carbocycles. The third-order valence-corrected chi connectivity index (χ3v) is 5.36. The van der Waals surface area contributed by atoms with Gasteiger partial charge in [0.25, 0.3) is 0 Å². The molecule has 1 aliphatic rings. The lowest BCUT2D eigenvalue weighted by Crippen LogP contribution is -2.44. The molecule has 0 amide bonds. The molecular formula is C20H19ClF2N4O. The van der Waals surface area contributed by atoms with Crippen molar-refractivity contribution in [2.75, 3.05) is 38.1 Å². The summed E-state index contributed by atoms with van der Waals surface area (Å²) in [5, 5.41) is 10.7. The van der Waals surface area contributed by atoms with Gasteiger partial charge in [0.1, 0.15) is 29.2 Å². The summed E-state index contributed by atoms with van der Waals surface area (Å²) in [5.74, 6) is -1.30. The van der Waals surface area contributed by atoms with E-state index in [1.54, 1.807) is 13.0 Å². The molecule has 2 heterocycles. The number of rotatable bonds is 2. The predicted molar refractivity (Wildman–Crippen MR) is 106 cm³/mol. The lowest BCUT2D eigenvalue weighted by molar-refractivity contribution is 0.312. The second-order valence-electron chi connectivity index (χ2n) is 7.07.